The highest BCUT2D eigenvalue weighted by Crippen LogP contribution is 2.45. The molecular formula is C43H33O6S2-. The molecule has 0 saturated carbocycles. The summed E-state index contributed by atoms with van der Waals surface area (Å²) in [5, 5.41) is 3.93. The van der Waals surface area contributed by atoms with Crippen molar-refractivity contribution in [2.75, 3.05) is 0 Å². The Morgan fingerprint density at radius 3 is 1.75 bits per heavy atom. The fourth-order valence-corrected chi connectivity index (χ4v) is 9.60. The lowest BCUT2D eigenvalue weighted by Gasteiger charge is -2.22. The van der Waals surface area contributed by atoms with E-state index < -0.39 is 20.2 Å². The molecule has 0 N–H and O–H groups in total. The van der Waals surface area contributed by atoms with Crippen LogP contribution in [-0.4, -0.2) is 21.4 Å². The van der Waals surface area contributed by atoms with E-state index >= 15 is 8.42 Å². The normalized spacial score (nSPS) is 13.5. The average molecular weight is 710 g/mol. The second-order valence-electron chi connectivity index (χ2n) is 12.9. The van der Waals surface area contributed by atoms with Crippen molar-refractivity contribution in [3.63, 3.8) is 0 Å². The van der Waals surface area contributed by atoms with Crippen molar-refractivity contribution >= 4 is 41.8 Å². The summed E-state index contributed by atoms with van der Waals surface area (Å²) in [5.74, 6) is 0.0420. The van der Waals surface area contributed by atoms with Crippen LogP contribution in [0, 0.1) is 0 Å². The smallest absolute Gasteiger partial charge is 0.340 e. The summed E-state index contributed by atoms with van der Waals surface area (Å²) >= 11 is 0. The second kappa shape index (κ2) is 13.1. The highest BCUT2D eigenvalue weighted by Gasteiger charge is 2.31. The molecule has 0 bridgehead atoms. The van der Waals surface area contributed by atoms with Crippen molar-refractivity contribution < 1.29 is 25.6 Å². The van der Waals surface area contributed by atoms with Gasteiger partial charge in [0.1, 0.15) is 20.8 Å². The zero-order valence-corrected chi connectivity index (χ0v) is 29.2. The third-order valence-corrected chi connectivity index (χ3v) is 12.0. The molecule has 0 radical (unpaired) electrons. The second-order valence-corrected chi connectivity index (χ2v) is 15.7. The van der Waals surface area contributed by atoms with Crippen molar-refractivity contribution in [1.29, 1.82) is 0 Å². The number of hydrogen-bond acceptors (Lipinski definition) is 6. The lowest BCUT2D eigenvalue weighted by molar-refractivity contribution is 0.461. The van der Waals surface area contributed by atoms with Crippen LogP contribution in [0.25, 0.3) is 54.9 Å². The van der Waals surface area contributed by atoms with E-state index in [1.807, 2.05) is 109 Å². The molecule has 6 nitrogen and oxygen atoms in total. The maximum Gasteiger partial charge on any atom is 0.340 e. The van der Waals surface area contributed by atoms with Crippen molar-refractivity contribution in [1.82, 2.24) is 0 Å². The fraction of sp³-hybridized carbons (Fsp3) is 0.116. The van der Waals surface area contributed by atoms with E-state index in [1.165, 1.54) is 12.1 Å². The molecular weight excluding hydrogens is 677 g/mol. The predicted octanol–water partition coefficient (Wildman–Crippen LogP) is 9.93. The fourth-order valence-electron chi connectivity index (χ4n) is 7.47. The van der Waals surface area contributed by atoms with Gasteiger partial charge >= 0.3 is 10.1 Å². The van der Waals surface area contributed by atoms with Crippen LogP contribution in [0.5, 0.6) is 5.75 Å². The van der Waals surface area contributed by atoms with Gasteiger partial charge in [-0.15, -0.1) is 0 Å². The lowest BCUT2D eigenvalue weighted by atomic mass is 9.89. The van der Waals surface area contributed by atoms with Gasteiger partial charge < -0.3 is 8.74 Å². The van der Waals surface area contributed by atoms with Crippen molar-refractivity contribution in [2.45, 2.75) is 41.9 Å². The molecule has 0 aliphatic heterocycles. The minimum Gasteiger partial charge on any atom is -0.744 e. The number of rotatable bonds is 7. The highest BCUT2D eigenvalue weighted by atomic mass is 32.2. The first kappa shape index (κ1) is 32.9. The Kier molecular flexibility index (Phi) is 8.46. The van der Waals surface area contributed by atoms with Gasteiger partial charge in [-0.3, -0.25) is 0 Å². The molecule has 1 aliphatic carbocycles. The van der Waals surface area contributed by atoms with E-state index in [4.69, 9.17) is 4.18 Å². The van der Waals surface area contributed by atoms with Gasteiger partial charge in [-0.25, -0.2) is 8.42 Å². The van der Waals surface area contributed by atoms with Crippen LogP contribution in [0.15, 0.2) is 149 Å². The molecule has 0 aromatic heterocycles. The topological polar surface area (TPSA) is 101 Å². The van der Waals surface area contributed by atoms with Gasteiger partial charge in [0, 0.05) is 16.7 Å². The Hall–Kier alpha value is -5.28. The summed E-state index contributed by atoms with van der Waals surface area (Å²) in [6.45, 7) is 0. The molecule has 0 saturated heterocycles. The molecule has 8 rings (SSSR count). The number of benzene rings is 7. The van der Waals surface area contributed by atoms with E-state index in [2.05, 4.69) is 18.2 Å². The van der Waals surface area contributed by atoms with E-state index in [0.29, 0.717) is 53.5 Å². The molecule has 7 aromatic rings. The van der Waals surface area contributed by atoms with Crippen LogP contribution in [0.3, 0.4) is 0 Å². The zero-order valence-electron chi connectivity index (χ0n) is 27.6. The van der Waals surface area contributed by atoms with Crippen molar-refractivity contribution in [3.05, 3.63) is 151 Å². The molecule has 51 heavy (non-hydrogen) atoms. The number of fused-ring (bicyclic) bond motifs is 3. The van der Waals surface area contributed by atoms with Gasteiger partial charge in [-0.05, 0) is 99.3 Å². The van der Waals surface area contributed by atoms with Gasteiger partial charge in [0.2, 0.25) is 0 Å². The Labute approximate surface area is 297 Å². The third-order valence-electron chi connectivity index (χ3n) is 9.77. The minimum atomic E-state index is -4.78. The molecule has 0 heterocycles. The monoisotopic (exact) mass is 709 g/mol. The lowest BCUT2D eigenvalue weighted by Crippen LogP contribution is -2.15. The van der Waals surface area contributed by atoms with Crippen LogP contribution in [-0.2, 0) is 33.1 Å². The SMILES string of the molecule is O=S(=O)([O-])c1ccc(OS(=O)(=O)c2c(-c3ccccc3)cc(-c3cccc4ccccc34)cc2-c2cccc3ccccc23)c2c1CCCCC2. The maximum atomic E-state index is 15.0. The van der Waals surface area contributed by atoms with Gasteiger partial charge in [0.05, 0.1) is 4.90 Å². The summed E-state index contributed by atoms with van der Waals surface area (Å²) in [5.41, 5.74) is 4.95. The van der Waals surface area contributed by atoms with Crippen molar-refractivity contribution in [2.24, 2.45) is 0 Å². The molecule has 0 unspecified atom stereocenters. The Morgan fingerprint density at radius 2 is 1.06 bits per heavy atom. The zero-order chi connectivity index (χ0) is 35.2. The summed E-state index contributed by atoms with van der Waals surface area (Å²) in [7, 11) is -9.38. The van der Waals surface area contributed by atoms with Crippen LogP contribution < -0.4 is 4.18 Å². The largest absolute Gasteiger partial charge is 0.744 e. The van der Waals surface area contributed by atoms with E-state index in [0.717, 1.165) is 44.7 Å². The third kappa shape index (κ3) is 6.20. The van der Waals surface area contributed by atoms with Gasteiger partial charge in [-0.1, -0.05) is 122 Å². The first-order valence-electron chi connectivity index (χ1n) is 16.9. The molecule has 0 spiro atoms. The first-order chi connectivity index (χ1) is 24.7. The van der Waals surface area contributed by atoms with Crippen LogP contribution in [0.1, 0.15) is 30.4 Å². The summed E-state index contributed by atoms with van der Waals surface area (Å²) < 4.78 is 73.0. The van der Waals surface area contributed by atoms with E-state index in [9.17, 15) is 13.0 Å². The average Bonchev–Trinajstić information content (AvgIpc) is 3.40. The number of hydrogen-bond donors (Lipinski definition) is 0. The Morgan fingerprint density at radius 1 is 0.490 bits per heavy atom. The summed E-state index contributed by atoms with van der Waals surface area (Å²) in [6.07, 6.45) is 2.95. The highest BCUT2D eigenvalue weighted by molar-refractivity contribution is 7.87. The van der Waals surface area contributed by atoms with E-state index in [-0.39, 0.29) is 15.5 Å². The standard InChI is InChI=1S/C43H34O6S2/c44-50(45,46)42-26-25-41(37-21-5-2-6-22-38(37)42)49-51(47,48)43-39(31-13-3-1-4-14-31)27-32(35-23-11-17-29-15-7-9-19-33(29)35)28-40(43)36-24-12-18-30-16-8-10-20-34(30)36/h1,3-4,7-20,23-28H,2,5-6,21-22H2,(H,44,45,46)/p-1. The molecule has 0 amide bonds. The predicted molar refractivity (Wildman–Crippen MR) is 201 cm³/mol. The van der Waals surface area contributed by atoms with Crippen molar-refractivity contribution in [3.8, 4) is 39.1 Å². The van der Waals surface area contributed by atoms with Crippen LogP contribution >= 0.6 is 0 Å². The molecule has 254 valence electrons. The van der Waals surface area contributed by atoms with Crippen LogP contribution in [0.4, 0.5) is 0 Å². The molecule has 7 aromatic carbocycles. The summed E-state index contributed by atoms with van der Waals surface area (Å²) in [6, 6.07) is 43.7. The van der Waals surface area contributed by atoms with Gasteiger partial charge in [0.25, 0.3) is 0 Å². The molecule has 8 heteroatoms. The Balaban J connectivity index is 1.43. The maximum absolute atomic E-state index is 15.0. The summed E-state index contributed by atoms with van der Waals surface area (Å²) in [4.78, 5) is -0.318. The van der Waals surface area contributed by atoms with E-state index in [1.54, 1.807) is 0 Å². The van der Waals surface area contributed by atoms with Crippen LogP contribution in [0.2, 0.25) is 0 Å². The quantitative estimate of drug-likeness (QED) is 0.0928. The molecule has 0 fully saturated rings. The minimum absolute atomic E-state index is 0.00284. The van der Waals surface area contributed by atoms with Gasteiger partial charge in [-0.2, -0.15) is 8.42 Å². The molecule has 1 aliphatic rings. The molecule has 0 atom stereocenters. The Bertz CT molecular complexity index is 2670. The van der Waals surface area contributed by atoms with Gasteiger partial charge in [0.15, 0.2) is 0 Å². The first-order valence-corrected chi connectivity index (χ1v) is 19.8.